The molecule has 0 radical (unpaired) electrons. The molecule has 0 saturated heterocycles. The molecule has 3 aromatic carbocycles. The van der Waals surface area contributed by atoms with E-state index in [1.165, 1.54) is 53.5 Å². The van der Waals surface area contributed by atoms with Gasteiger partial charge in [0, 0.05) is 13.0 Å². The van der Waals surface area contributed by atoms with Crippen LogP contribution < -0.4 is 10.1 Å². The largest absolute Gasteiger partial charge is 0.493 e. The van der Waals surface area contributed by atoms with Crippen LogP contribution in [0.2, 0.25) is 0 Å². The van der Waals surface area contributed by atoms with Crippen LogP contribution in [0.25, 0.3) is 0 Å². The molecule has 6 rings (SSSR count). The number of ether oxygens (including phenoxy) is 1. The first-order chi connectivity index (χ1) is 17.8. The highest BCUT2D eigenvalue weighted by atomic mass is 16.5. The van der Waals surface area contributed by atoms with Crippen molar-refractivity contribution in [3.63, 3.8) is 0 Å². The predicted octanol–water partition coefficient (Wildman–Crippen LogP) is 8.50. The zero-order valence-electron chi connectivity index (χ0n) is 24.0. The molecule has 3 aliphatic rings. The molecule has 0 aromatic heterocycles. The summed E-state index contributed by atoms with van der Waals surface area (Å²) in [4.78, 5) is 0. The Bertz CT molecular complexity index is 1110. The summed E-state index contributed by atoms with van der Waals surface area (Å²) in [6.45, 7) is 16.5. The van der Waals surface area contributed by atoms with E-state index in [2.05, 4.69) is 101 Å². The number of benzene rings is 3. The first-order valence-corrected chi connectivity index (χ1v) is 14.5. The van der Waals surface area contributed by atoms with Crippen molar-refractivity contribution < 1.29 is 4.74 Å². The third kappa shape index (κ3) is 7.26. The van der Waals surface area contributed by atoms with Crippen molar-refractivity contribution in [2.24, 2.45) is 0 Å². The van der Waals surface area contributed by atoms with E-state index in [9.17, 15) is 0 Å². The van der Waals surface area contributed by atoms with Gasteiger partial charge in [-0.25, -0.2) is 0 Å². The minimum absolute atomic E-state index is 0.621. The molecule has 1 aliphatic carbocycles. The summed E-state index contributed by atoms with van der Waals surface area (Å²) in [6, 6.07) is 20.4. The number of hydrogen-bond acceptors (Lipinski definition) is 2. The van der Waals surface area contributed by atoms with Crippen molar-refractivity contribution in [3.05, 3.63) is 99.1 Å². The van der Waals surface area contributed by atoms with Crippen molar-refractivity contribution in [2.75, 3.05) is 13.2 Å². The van der Waals surface area contributed by atoms with Gasteiger partial charge in [-0.2, -0.15) is 0 Å². The summed E-state index contributed by atoms with van der Waals surface area (Å²) in [5.74, 6) is 3.03. The lowest BCUT2D eigenvalue weighted by atomic mass is 9.94. The Balaban J connectivity index is 0.000000130. The van der Waals surface area contributed by atoms with Crippen LogP contribution in [0.1, 0.15) is 110 Å². The number of hydrogen-bond donors (Lipinski definition) is 1. The van der Waals surface area contributed by atoms with Crippen LogP contribution in [0.15, 0.2) is 54.6 Å². The topological polar surface area (TPSA) is 21.3 Å². The lowest BCUT2D eigenvalue weighted by Crippen LogP contribution is -2.23. The highest BCUT2D eigenvalue weighted by molar-refractivity contribution is 5.40. The van der Waals surface area contributed by atoms with Crippen LogP contribution >= 0.6 is 0 Å². The van der Waals surface area contributed by atoms with Crippen LogP contribution in [0, 0.1) is 0 Å². The molecule has 0 atom stereocenters. The second-order valence-corrected chi connectivity index (χ2v) is 11.8. The third-order valence-corrected chi connectivity index (χ3v) is 7.95. The maximum atomic E-state index is 5.43. The fourth-order valence-corrected chi connectivity index (χ4v) is 5.37. The van der Waals surface area contributed by atoms with Crippen molar-refractivity contribution in [3.8, 4) is 5.75 Å². The maximum Gasteiger partial charge on any atom is 0.122 e. The van der Waals surface area contributed by atoms with Crippen LogP contribution in [0.5, 0.6) is 5.75 Å². The predicted molar refractivity (Wildman–Crippen MR) is 158 cm³/mol. The van der Waals surface area contributed by atoms with Gasteiger partial charge in [0.2, 0.25) is 0 Å². The van der Waals surface area contributed by atoms with E-state index in [1.807, 2.05) is 0 Å². The monoisotopic (exact) mass is 497 g/mol. The molecule has 3 aromatic rings. The Morgan fingerprint density at radius 3 is 1.76 bits per heavy atom. The lowest BCUT2D eigenvalue weighted by molar-refractivity contribution is 0.357. The zero-order valence-corrected chi connectivity index (χ0v) is 24.0. The van der Waals surface area contributed by atoms with Crippen molar-refractivity contribution in [1.29, 1.82) is 0 Å². The van der Waals surface area contributed by atoms with E-state index in [-0.39, 0.29) is 0 Å². The number of nitrogens with one attached hydrogen (secondary N) is 1. The van der Waals surface area contributed by atoms with Gasteiger partial charge in [0.05, 0.1) is 6.61 Å². The lowest BCUT2D eigenvalue weighted by Gasteiger charge is -2.18. The van der Waals surface area contributed by atoms with Gasteiger partial charge in [-0.05, 0) is 101 Å². The van der Waals surface area contributed by atoms with Gasteiger partial charge in [0.15, 0.2) is 0 Å². The van der Waals surface area contributed by atoms with Gasteiger partial charge >= 0.3 is 0 Å². The summed E-state index contributed by atoms with van der Waals surface area (Å²) in [5, 5.41) is 3.39. The molecule has 2 aliphatic heterocycles. The van der Waals surface area contributed by atoms with E-state index < -0.39 is 0 Å². The average Bonchev–Trinajstić information content (AvgIpc) is 3.57. The summed E-state index contributed by atoms with van der Waals surface area (Å²) in [6.07, 6.45) is 6.23. The van der Waals surface area contributed by atoms with Crippen molar-refractivity contribution in [1.82, 2.24) is 5.32 Å². The van der Waals surface area contributed by atoms with Gasteiger partial charge in [-0.15, -0.1) is 0 Å². The van der Waals surface area contributed by atoms with E-state index in [0.717, 1.165) is 31.9 Å². The molecule has 0 fully saturated rings. The Morgan fingerprint density at radius 2 is 1.11 bits per heavy atom. The Morgan fingerprint density at radius 1 is 0.568 bits per heavy atom. The van der Waals surface area contributed by atoms with Crippen molar-refractivity contribution in [2.45, 2.75) is 97.9 Å². The van der Waals surface area contributed by atoms with Gasteiger partial charge in [0.1, 0.15) is 5.75 Å². The average molecular weight is 498 g/mol. The number of aryl methyl sites for hydroxylation is 2. The van der Waals surface area contributed by atoms with E-state index in [0.29, 0.717) is 17.8 Å². The molecule has 1 N–H and O–H groups in total. The standard InChI is InChI=1S/C12H17N.C12H16.C11H14O/c1-9(2)10-3-4-12-8-13-6-5-11(12)7-10;1-9(2)11-7-6-10-4-3-5-12(10)8-11;1-8(2)9-3-4-11-10(7-9)5-6-12-11/h3-4,7,9,13H,5-6,8H2,1-2H3;6-9H,3-5H2,1-2H3;3-4,7-8H,5-6H2,1-2H3. The van der Waals surface area contributed by atoms with Crippen LogP contribution in [0.3, 0.4) is 0 Å². The van der Waals surface area contributed by atoms with Crippen LogP contribution in [-0.4, -0.2) is 13.2 Å². The molecular weight excluding hydrogens is 450 g/mol. The fraction of sp³-hybridized carbons (Fsp3) is 0.486. The first kappa shape index (κ1) is 27.5. The second kappa shape index (κ2) is 12.8. The summed E-state index contributed by atoms with van der Waals surface area (Å²) >= 11 is 0. The minimum atomic E-state index is 0.621. The van der Waals surface area contributed by atoms with Crippen LogP contribution in [-0.2, 0) is 32.2 Å². The normalized spacial score (nSPS) is 15.3. The Hall–Kier alpha value is -2.58. The molecule has 0 saturated carbocycles. The molecule has 0 spiro atoms. The maximum absolute atomic E-state index is 5.43. The Labute approximate surface area is 225 Å². The highest BCUT2D eigenvalue weighted by Gasteiger charge is 2.13. The van der Waals surface area contributed by atoms with Gasteiger partial charge in [0.25, 0.3) is 0 Å². The molecule has 0 bridgehead atoms. The fourth-order valence-electron chi connectivity index (χ4n) is 5.37. The van der Waals surface area contributed by atoms with E-state index in [4.69, 9.17) is 4.74 Å². The molecule has 37 heavy (non-hydrogen) atoms. The summed E-state index contributed by atoms with van der Waals surface area (Å²) in [5.41, 5.74) is 12.0. The summed E-state index contributed by atoms with van der Waals surface area (Å²) < 4.78 is 5.43. The summed E-state index contributed by atoms with van der Waals surface area (Å²) in [7, 11) is 0. The molecule has 2 nitrogen and oxygen atoms in total. The first-order valence-electron chi connectivity index (χ1n) is 14.5. The van der Waals surface area contributed by atoms with Crippen molar-refractivity contribution >= 4 is 0 Å². The van der Waals surface area contributed by atoms with Gasteiger partial charge in [-0.3, -0.25) is 0 Å². The van der Waals surface area contributed by atoms with E-state index >= 15 is 0 Å². The SMILES string of the molecule is CC(C)c1ccc2c(c1)CCC2.CC(C)c1ccc2c(c1)CCNC2.CC(C)c1ccc2c(c1)CCO2. The Kier molecular flexibility index (Phi) is 9.49. The second-order valence-electron chi connectivity index (χ2n) is 11.8. The smallest absolute Gasteiger partial charge is 0.122 e. The number of fused-ring (bicyclic) bond motifs is 3. The third-order valence-electron chi connectivity index (χ3n) is 7.95. The van der Waals surface area contributed by atoms with Crippen LogP contribution in [0.4, 0.5) is 0 Å². The molecule has 0 amide bonds. The minimum Gasteiger partial charge on any atom is -0.493 e. The quantitative estimate of drug-likeness (QED) is 0.392. The molecule has 198 valence electrons. The van der Waals surface area contributed by atoms with Gasteiger partial charge < -0.3 is 10.1 Å². The molecule has 2 heterocycles. The van der Waals surface area contributed by atoms with E-state index in [1.54, 1.807) is 16.7 Å². The molecule has 2 heteroatoms. The number of rotatable bonds is 3. The van der Waals surface area contributed by atoms with Gasteiger partial charge in [-0.1, -0.05) is 90.1 Å². The molecule has 0 unspecified atom stereocenters. The highest BCUT2D eigenvalue weighted by Crippen LogP contribution is 2.28. The zero-order chi connectivity index (χ0) is 26.4. The molecular formula is C35H47NO.